The van der Waals surface area contributed by atoms with Crippen LogP contribution >= 0.6 is 0 Å². The van der Waals surface area contributed by atoms with E-state index in [1.54, 1.807) is 6.92 Å². The monoisotopic (exact) mass is 342 g/mol. The fourth-order valence-corrected chi connectivity index (χ4v) is 2.97. The Morgan fingerprint density at radius 3 is 2.79 bits per heavy atom. The number of halogens is 2. The number of hydrogen-bond donors (Lipinski definition) is 3. The van der Waals surface area contributed by atoms with Crippen LogP contribution in [0.5, 0.6) is 0 Å². The van der Waals surface area contributed by atoms with Gasteiger partial charge in [0.25, 0.3) is 0 Å². The molecule has 24 heavy (non-hydrogen) atoms. The van der Waals surface area contributed by atoms with Gasteiger partial charge in [0.15, 0.2) is 11.6 Å². The molecule has 134 valence electrons. The van der Waals surface area contributed by atoms with Crippen LogP contribution in [0.3, 0.4) is 0 Å². The lowest BCUT2D eigenvalue weighted by Crippen LogP contribution is -2.54. The maximum Gasteiger partial charge on any atom is 0.315 e. The molecule has 3 unspecified atom stereocenters. The maximum absolute atomic E-state index is 13.4. The van der Waals surface area contributed by atoms with Crippen LogP contribution in [-0.4, -0.2) is 35.9 Å². The molecular formula is C17H24F2N2O3. The van der Waals surface area contributed by atoms with Gasteiger partial charge in [-0.15, -0.1) is 0 Å². The zero-order chi connectivity index (χ0) is 17.7. The molecule has 3 atom stereocenters. The van der Waals surface area contributed by atoms with Crippen LogP contribution in [-0.2, 0) is 4.74 Å². The van der Waals surface area contributed by atoms with Crippen molar-refractivity contribution in [3.05, 3.63) is 35.4 Å². The van der Waals surface area contributed by atoms with Gasteiger partial charge in [0, 0.05) is 6.61 Å². The largest absolute Gasteiger partial charge is 0.394 e. The highest BCUT2D eigenvalue weighted by molar-refractivity contribution is 5.75. The van der Waals surface area contributed by atoms with Gasteiger partial charge in [0.2, 0.25) is 0 Å². The topological polar surface area (TPSA) is 70.6 Å². The number of aliphatic hydroxyl groups excluding tert-OH is 1. The molecule has 3 N–H and O–H groups in total. The van der Waals surface area contributed by atoms with E-state index in [2.05, 4.69) is 10.6 Å². The molecule has 0 spiro atoms. The number of benzene rings is 1. The number of rotatable bonds is 6. The minimum Gasteiger partial charge on any atom is -0.394 e. The lowest BCUT2D eigenvalue weighted by molar-refractivity contribution is 0.0985. The molecule has 0 radical (unpaired) electrons. The molecule has 1 heterocycles. The minimum absolute atomic E-state index is 0.165. The second-order valence-corrected chi connectivity index (χ2v) is 6.43. The van der Waals surface area contributed by atoms with E-state index in [0.717, 1.165) is 18.6 Å². The van der Waals surface area contributed by atoms with Crippen molar-refractivity contribution in [2.45, 2.75) is 50.8 Å². The van der Waals surface area contributed by atoms with Crippen LogP contribution in [0.4, 0.5) is 13.6 Å². The lowest BCUT2D eigenvalue weighted by Gasteiger charge is -2.30. The molecule has 1 fully saturated rings. The summed E-state index contributed by atoms with van der Waals surface area (Å²) in [5, 5.41) is 15.0. The molecule has 1 aromatic carbocycles. The van der Waals surface area contributed by atoms with Crippen molar-refractivity contribution in [1.82, 2.24) is 10.6 Å². The number of nitrogens with one attached hydrogen (secondary N) is 2. The number of hydrogen-bond acceptors (Lipinski definition) is 3. The molecule has 1 saturated heterocycles. The molecule has 2 rings (SSSR count). The Bertz CT molecular complexity index is 585. The van der Waals surface area contributed by atoms with Gasteiger partial charge in [0.1, 0.15) is 6.10 Å². The van der Waals surface area contributed by atoms with E-state index in [0.29, 0.717) is 25.0 Å². The Kier molecular flexibility index (Phi) is 6.12. The smallest absolute Gasteiger partial charge is 0.315 e. The highest BCUT2D eigenvalue weighted by atomic mass is 19.2. The molecule has 1 aliphatic heterocycles. The van der Waals surface area contributed by atoms with Crippen molar-refractivity contribution in [3.8, 4) is 0 Å². The van der Waals surface area contributed by atoms with Crippen LogP contribution in [0.25, 0.3) is 0 Å². The highest BCUT2D eigenvalue weighted by Gasteiger charge is 2.33. The van der Waals surface area contributed by atoms with Gasteiger partial charge in [-0.2, -0.15) is 0 Å². The summed E-state index contributed by atoms with van der Waals surface area (Å²) in [7, 11) is 0. The second-order valence-electron chi connectivity index (χ2n) is 6.43. The van der Waals surface area contributed by atoms with Gasteiger partial charge in [-0.1, -0.05) is 19.4 Å². The molecule has 0 aromatic heterocycles. The van der Waals surface area contributed by atoms with Crippen molar-refractivity contribution < 1.29 is 23.4 Å². The van der Waals surface area contributed by atoms with Gasteiger partial charge in [-0.25, -0.2) is 13.6 Å². The molecule has 1 aromatic rings. The molecule has 0 saturated carbocycles. The van der Waals surface area contributed by atoms with Gasteiger partial charge < -0.3 is 20.5 Å². The standard InChI is InChI=1S/C17H24F2N2O3/c1-3-7-17(2,10-22)21-16(23)20-14-6-8-24-15(14)11-4-5-12(18)13(19)9-11/h4-5,9,14-15,22H,3,6-8,10H2,1-2H3,(H2,20,21,23). The Morgan fingerprint density at radius 1 is 1.42 bits per heavy atom. The van der Waals surface area contributed by atoms with Crippen LogP contribution < -0.4 is 10.6 Å². The Labute approximate surface area is 140 Å². The van der Waals surface area contributed by atoms with Crippen molar-refractivity contribution in [2.75, 3.05) is 13.2 Å². The Balaban J connectivity index is 2.02. The first-order valence-electron chi connectivity index (χ1n) is 8.14. The third-order valence-electron chi connectivity index (χ3n) is 4.25. The third-order valence-corrected chi connectivity index (χ3v) is 4.25. The van der Waals surface area contributed by atoms with Crippen molar-refractivity contribution in [2.24, 2.45) is 0 Å². The van der Waals surface area contributed by atoms with E-state index >= 15 is 0 Å². The third kappa shape index (κ3) is 4.42. The van der Waals surface area contributed by atoms with E-state index < -0.39 is 29.3 Å². The summed E-state index contributed by atoms with van der Waals surface area (Å²) in [5.41, 5.74) is -0.217. The Hall–Kier alpha value is -1.73. The van der Waals surface area contributed by atoms with Crippen LogP contribution in [0.15, 0.2) is 18.2 Å². The van der Waals surface area contributed by atoms with Crippen LogP contribution in [0.2, 0.25) is 0 Å². The van der Waals surface area contributed by atoms with Gasteiger partial charge in [-0.05, 0) is 37.5 Å². The number of aliphatic hydroxyl groups is 1. The number of ether oxygens (including phenoxy) is 1. The van der Waals surface area contributed by atoms with E-state index in [4.69, 9.17) is 4.74 Å². The highest BCUT2D eigenvalue weighted by Crippen LogP contribution is 2.30. The van der Waals surface area contributed by atoms with Crippen molar-refractivity contribution in [1.29, 1.82) is 0 Å². The van der Waals surface area contributed by atoms with Crippen molar-refractivity contribution in [3.63, 3.8) is 0 Å². The van der Waals surface area contributed by atoms with E-state index in [-0.39, 0.29) is 12.6 Å². The molecule has 5 nitrogen and oxygen atoms in total. The maximum atomic E-state index is 13.4. The summed E-state index contributed by atoms with van der Waals surface area (Å²) in [5.74, 6) is -1.86. The predicted molar refractivity (Wildman–Crippen MR) is 85.5 cm³/mol. The first-order chi connectivity index (χ1) is 11.4. The fourth-order valence-electron chi connectivity index (χ4n) is 2.97. The number of carbonyl (C=O) groups excluding carboxylic acids is 1. The molecule has 7 heteroatoms. The first kappa shape index (κ1) is 18.6. The fraction of sp³-hybridized carbons (Fsp3) is 0.588. The normalized spacial score (nSPS) is 22.9. The first-order valence-corrected chi connectivity index (χ1v) is 8.14. The van der Waals surface area contributed by atoms with Gasteiger partial charge >= 0.3 is 6.03 Å². The molecule has 2 amide bonds. The average molecular weight is 342 g/mol. The molecular weight excluding hydrogens is 318 g/mol. The van der Waals surface area contributed by atoms with Gasteiger partial charge in [0.05, 0.1) is 18.2 Å². The predicted octanol–water partition coefficient (Wildman–Crippen LogP) is 2.65. The summed E-state index contributed by atoms with van der Waals surface area (Å²) in [4.78, 5) is 12.2. The molecule has 0 aliphatic carbocycles. The quantitative estimate of drug-likeness (QED) is 0.744. The Morgan fingerprint density at radius 2 is 2.17 bits per heavy atom. The van der Waals surface area contributed by atoms with Crippen molar-refractivity contribution >= 4 is 6.03 Å². The van der Waals surface area contributed by atoms with Crippen LogP contribution in [0, 0.1) is 11.6 Å². The zero-order valence-electron chi connectivity index (χ0n) is 13.9. The number of urea groups is 1. The minimum atomic E-state index is -0.943. The lowest BCUT2D eigenvalue weighted by atomic mass is 9.97. The van der Waals surface area contributed by atoms with E-state index in [9.17, 15) is 18.7 Å². The van der Waals surface area contributed by atoms with E-state index in [1.165, 1.54) is 6.07 Å². The van der Waals surface area contributed by atoms with Gasteiger partial charge in [-0.3, -0.25) is 0 Å². The van der Waals surface area contributed by atoms with E-state index in [1.807, 2.05) is 6.92 Å². The molecule has 0 bridgehead atoms. The average Bonchev–Trinajstić information content (AvgIpc) is 2.98. The summed E-state index contributed by atoms with van der Waals surface area (Å²) in [6.07, 6.45) is 1.50. The summed E-state index contributed by atoms with van der Waals surface area (Å²) >= 11 is 0. The summed E-state index contributed by atoms with van der Waals surface area (Å²) in [6.45, 7) is 3.99. The summed E-state index contributed by atoms with van der Waals surface area (Å²) in [6, 6.07) is 2.83. The number of amides is 2. The zero-order valence-corrected chi connectivity index (χ0v) is 13.9. The second kappa shape index (κ2) is 7.90. The number of carbonyl (C=O) groups is 1. The summed E-state index contributed by atoms with van der Waals surface area (Å²) < 4.78 is 32.1. The molecule has 1 aliphatic rings. The van der Waals surface area contributed by atoms with Crippen LogP contribution in [0.1, 0.15) is 44.8 Å². The SMILES string of the molecule is CCCC(C)(CO)NC(=O)NC1CCOC1c1ccc(F)c(F)c1.